The van der Waals surface area contributed by atoms with Crippen molar-refractivity contribution in [1.82, 2.24) is 19.6 Å². The Hall–Kier alpha value is -1.11. The summed E-state index contributed by atoms with van der Waals surface area (Å²) in [5.41, 5.74) is 6.29. The second-order valence-corrected chi connectivity index (χ2v) is 6.65. The van der Waals surface area contributed by atoms with Crippen molar-refractivity contribution < 1.29 is 5.11 Å². The minimum absolute atomic E-state index is 0.387. The summed E-state index contributed by atoms with van der Waals surface area (Å²) in [5.74, 6) is 0.769. The van der Waals surface area contributed by atoms with Crippen LogP contribution in [0.2, 0.25) is 0 Å². The van der Waals surface area contributed by atoms with Crippen molar-refractivity contribution in [3.05, 3.63) is 12.4 Å². The maximum Gasteiger partial charge on any atom is 0.0862 e. The van der Waals surface area contributed by atoms with Gasteiger partial charge in [-0.3, -0.25) is 4.68 Å². The van der Waals surface area contributed by atoms with Gasteiger partial charge >= 0.3 is 0 Å². The summed E-state index contributed by atoms with van der Waals surface area (Å²) in [7, 11) is 2.25. The molecule has 3 rings (SSSR count). The highest BCUT2D eigenvalue weighted by Crippen LogP contribution is 2.29. The number of hydrogen-bond acceptors (Lipinski definition) is 5. The molecule has 2 saturated heterocycles. The summed E-state index contributed by atoms with van der Waals surface area (Å²) in [4.78, 5) is 4.94. The van der Waals surface area contributed by atoms with E-state index in [9.17, 15) is 5.11 Å². The van der Waals surface area contributed by atoms with Gasteiger partial charge in [0.1, 0.15) is 0 Å². The molecule has 1 aromatic heterocycles. The number of nitrogen functional groups attached to an aromatic ring is 1. The number of aromatic nitrogens is 2. The quantitative estimate of drug-likeness (QED) is 0.832. The topological polar surface area (TPSA) is 70.5 Å². The van der Waals surface area contributed by atoms with Crippen molar-refractivity contribution in [2.45, 2.75) is 38.0 Å². The van der Waals surface area contributed by atoms with Crippen LogP contribution in [0, 0.1) is 5.92 Å². The summed E-state index contributed by atoms with van der Waals surface area (Å²) >= 11 is 0. The molecule has 21 heavy (non-hydrogen) atoms. The number of nitrogens with zero attached hydrogens (tertiary/aromatic N) is 4. The van der Waals surface area contributed by atoms with Crippen molar-refractivity contribution in [3.8, 4) is 0 Å². The number of fused-ring (bicyclic) bond motifs is 1. The van der Waals surface area contributed by atoms with Crippen LogP contribution in [0.25, 0.3) is 0 Å². The van der Waals surface area contributed by atoms with Gasteiger partial charge in [0.25, 0.3) is 0 Å². The molecule has 1 aromatic rings. The van der Waals surface area contributed by atoms with Gasteiger partial charge < -0.3 is 20.6 Å². The average Bonchev–Trinajstić information content (AvgIpc) is 2.84. The zero-order valence-electron chi connectivity index (χ0n) is 12.9. The zero-order chi connectivity index (χ0) is 14.8. The van der Waals surface area contributed by atoms with Gasteiger partial charge in [-0.2, -0.15) is 5.10 Å². The normalized spacial score (nSPS) is 29.2. The Labute approximate surface area is 126 Å². The lowest BCUT2D eigenvalue weighted by atomic mass is 9.84. The van der Waals surface area contributed by atoms with E-state index in [0.29, 0.717) is 12.2 Å². The van der Waals surface area contributed by atoms with E-state index >= 15 is 0 Å². The Bertz CT molecular complexity index is 463. The number of rotatable bonds is 4. The first-order valence-corrected chi connectivity index (χ1v) is 8.00. The molecule has 0 saturated carbocycles. The molecule has 0 radical (unpaired) electrons. The van der Waals surface area contributed by atoms with Crippen LogP contribution in [-0.2, 0) is 6.54 Å². The third-order valence-electron chi connectivity index (χ3n) is 4.95. The van der Waals surface area contributed by atoms with Gasteiger partial charge in [-0.15, -0.1) is 0 Å². The van der Waals surface area contributed by atoms with Gasteiger partial charge in [0.2, 0.25) is 0 Å². The predicted octanol–water partition coefficient (Wildman–Crippen LogP) is 0.242. The maximum absolute atomic E-state index is 10.3. The predicted molar refractivity (Wildman–Crippen MR) is 82.8 cm³/mol. The minimum Gasteiger partial charge on any atom is -0.396 e. The van der Waals surface area contributed by atoms with Gasteiger partial charge in [0, 0.05) is 25.3 Å². The van der Waals surface area contributed by atoms with E-state index in [4.69, 9.17) is 5.73 Å². The second kappa shape index (κ2) is 6.34. The lowest BCUT2D eigenvalue weighted by molar-refractivity contribution is 0.0140. The Morgan fingerprint density at radius 2 is 2.24 bits per heavy atom. The molecule has 0 bridgehead atoms. The average molecular weight is 293 g/mol. The Morgan fingerprint density at radius 1 is 1.38 bits per heavy atom. The maximum atomic E-state index is 10.3. The number of hydrogen-bond donors (Lipinski definition) is 2. The van der Waals surface area contributed by atoms with Crippen LogP contribution in [0.4, 0.5) is 5.69 Å². The van der Waals surface area contributed by atoms with Crippen LogP contribution in [0.1, 0.15) is 19.3 Å². The number of β-amino-alcohol motifs (C(OH)–C–C–N with tert-alkyl or cyclic N) is 1. The van der Waals surface area contributed by atoms with Gasteiger partial charge in [-0.25, -0.2) is 0 Å². The molecular weight excluding hydrogens is 266 g/mol. The van der Waals surface area contributed by atoms with E-state index in [-0.39, 0.29) is 6.10 Å². The van der Waals surface area contributed by atoms with Gasteiger partial charge in [0.15, 0.2) is 0 Å². The highest BCUT2D eigenvalue weighted by atomic mass is 16.3. The molecule has 2 aliphatic heterocycles. The molecule has 3 heterocycles. The molecule has 0 spiro atoms. The molecule has 6 nitrogen and oxygen atoms in total. The fraction of sp³-hybridized carbons (Fsp3) is 0.800. The van der Waals surface area contributed by atoms with Gasteiger partial charge in [-0.1, -0.05) is 0 Å². The van der Waals surface area contributed by atoms with Crippen LogP contribution in [0.3, 0.4) is 0 Å². The number of piperidine rings is 2. The van der Waals surface area contributed by atoms with E-state index in [1.807, 2.05) is 0 Å². The molecule has 3 atom stereocenters. The third-order valence-corrected chi connectivity index (χ3v) is 4.95. The van der Waals surface area contributed by atoms with Crippen LogP contribution in [0.15, 0.2) is 12.4 Å². The number of nitrogens with two attached hydrogens (primary N) is 1. The molecule has 3 N–H and O–H groups in total. The van der Waals surface area contributed by atoms with E-state index < -0.39 is 0 Å². The fourth-order valence-electron chi connectivity index (χ4n) is 3.94. The summed E-state index contributed by atoms with van der Waals surface area (Å²) in [6.45, 7) is 4.69. The van der Waals surface area contributed by atoms with Crippen LogP contribution in [0.5, 0.6) is 0 Å². The van der Waals surface area contributed by atoms with Crippen LogP contribution in [-0.4, -0.2) is 70.1 Å². The lowest BCUT2D eigenvalue weighted by Gasteiger charge is -2.46. The SMILES string of the molecule is CN1CCCC2CN(CC(O)Cn3cc(N)cn3)CCC21. The highest BCUT2D eigenvalue weighted by molar-refractivity contribution is 5.30. The van der Waals surface area contributed by atoms with Crippen molar-refractivity contribution in [3.63, 3.8) is 0 Å². The second-order valence-electron chi connectivity index (χ2n) is 6.65. The third kappa shape index (κ3) is 3.56. The highest BCUT2D eigenvalue weighted by Gasteiger charge is 2.34. The van der Waals surface area contributed by atoms with E-state index in [2.05, 4.69) is 21.9 Å². The molecule has 118 valence electrons. The largest absolute Gasteiger partial charge is 0.396 e. The summed E-state index contributed by atoms with van der Waals surface area (Å²) in [5, 5.41) is 14.4. The van der Waals surface area contributed by atoms with Crippen molar-refractivity contribution in [2.24, 2.45) is 5.92 Å². The van der Waals surface area contributed by atoms with Crippen LogP contribution >= 0.6 is 0 Å². The Morgan fingerprint density at radius 3 is 3.00 bits per heavy atom. The number of aliphatic hydroxyl groups is 1. The molecule has 2 aliphatic rings. The summed E-state index contributed by atoms with van der Waals surface area (Å²) in [6, 6.07) is 0.748. The molecular formula is C15H27N5O. The molecule has 0 amide bonds. The van der Waals surface area contributed by atoms with Crippen molar-refractivity contribution in [2.75, 3.05) is 39.0 Å². The van der Waals surface area contributed by atoms with E-state index in [1.165, 1.54) is 25.8 Å². The molecule has 0 aliphatic carbocycles. The van der Waals surface area contributed by atoms with E-state index in [1.54, 1.807) is 17.1 Å². The monoisotopic (exact) mass is 293 g/mol. The Balaban J connectivity index is 1.49. The lowest BCUT2D eigenvalue weighted by Crippen LogP contribution is -2.53. The number of aliphatic hydroxyl groups excluding tert-OH is 1. The van der Waals surface area contributed by atoms with Crippen molar-refractivity contribution >= 4 is 5.69 Å². The zero-order valence-corrected chi connectivity index (χ0v) is 12.9. The number of likely N-dealkylation sites (tertiary alicyclic amines) is 2. The first kappa shape index (κ1) is 14.8. The summed E-state index contributed by atoms with van der Waals surface area (Å²) < 4.78 is 1.72. The molecule has 2 fully saturated rings. The van der Waals surface area contributed by atoms with Gasteiger partial charge in [-0.05, 0) is 45.3 Å². The smallest absolute Gasteiger partial charge is 0.0862 e. The van der Waals surface area contributed by atoms with Gasteiger partial charge in [0.05, 0.1) is 24.5 Å². The standard InChI is InChI=1S/C15H27N5O/c1-18-5-2-3-12-8-19(6-4-15(12)18)10-14(21)11-20-9-13(16)7-17-20/h7,9,12,14-15,21H,2-6,8,10-11,16H2,1H3. The number of anilines is 1. The first-order valence-electron chi connectivity index (χ1n) is 8.00. The fourth-order valence-corrected chi connectivity index (χ4v) is 3.94. The first-order chi connectivity index (χ1) is 10.1. The molecule has 0 aromatic carbocycles. The van der Waals surface area contributed by atoms with E-state index in [0.717, 1.165) is 31.6 Å². The summed E-state index contributed by atoms with van der Waals surface area (Å²) in [6.07, 6.45) is 6.87. The molecule has 6 heteroatoms. The van der Waals surface area contributed by atoms with Crippen LogP contribution < -0.4 is 5.73 Å². The Kier molecular flexibility index (Phi) is 4.47. The molecule has 3 unspecified atom stereocenters. The minimum atomic E-state index is -0.387. The van der Waals surface area contributed by atoms with Crippen molar-refractivity contribution in [1.29, 1.82) is 0 Å².